The van der Waals surface area contributed by atoms with Crippen LogP contribution in [0.2, 0.25) is 0 Å². The van der Waals surface area contributed by atoms with Gasteiger partial charge in [0.15, 0.2) is 0 Å². The highest BCUT2D eigenvalue weighted by molar-refractivity contribution is 5.77. The summed E-state index contributed by atoms with van der Waals surface area (Å²) < 4.78 is 13.2. The molecule has 15 heavy (non-hydrogen) atoms. The molecule has 1 aromatic carbocycles. The minimum atomic E-state index is -0.301. The van der Waals surface area contributed by atoms with Crippen molar-refractivity contribution in [3.8, 4) is 0 Å². The molecule has 0 bridgehead atoms. The first-order chi connectivity index (χ1) is 7.13. The zero-order valence-electron chi connectivity index (χ0n) is 8.92. The van der Waals surface area contributed by atoms with Crippen LogP contribution in [0.5, 0.6) is 0 Å². The Hall–Kier alpha value is -1.56. The van der Waals surface area contributed by atoms with Crippen LogP contribution in [-0.4, -0.2) is 12.6 Å². The maximum Gasteiger partial charge on any atom is 0.212 e. The van der Waals surface area contributed by atoms with E-state index in [-0.39, 0.29) is 5.82 Å². The molecule has 0 unspecified atom stereocenters. The van der Waals surface area contributed by atoms with Crippen LogP contribution in [-0.2, 0) is 6.42 Å². The van der Waals surface area contributed by atoms with E-state index in [2.05, 4.69) is 23.6 Å². The quantitative estimate of drug-likeness (QED) is 0.638. The molecule has 2 rings (SSSR count). The molecule has 1 heterocycles. The highest BCUT2D eigenvalue weighted by atomic mass is 19.1. The molecule has 1 aliphatic rings. The molecule has 0 atom stereocenters. The van der Waals surface area contributed by atoms with Gasteiger partial charge in [-0.25, -0.2) is 9.24 Å². The lowest BCUT2D eigenvalue weighted by Gasteiger charge is -2.25. The lowest BCUT2D eigenvalue weighted by Crippen LogP contribution is -2.28. The van der Waals surface area contributed by atoms with Crippen molar-refractivity contribution in [2.45, 2.75) is 26.3 Å². The first kappa shape index (κ1) is 9.97. The fourth-order valence-electron chi connectivity index (χ4n) is 2.12. The van der Waals surface area contributed by atoms with E-state index in [1.165, 1.54) is 6.07 Å². The van der Waals surface area contributed by atoms with Gasteiger partial charge in [-0.15, -0.1) is 0 Å². The third kappa shape index (κ3) is 1.56. The van der Waals surface area contributed by atoms with Crippen molar-refractivity contribution in [3.63, 3.8) is 0 Å². The first-order valence-corrected chi connectivity index (χ1v) is 5.10. The number of nitrogens with zero attached hydrogens (tertiary/aromatic N) is 2. The molecule has 78 valence electrons. The molecule has 0 fully saturated rings. The predicted molar refractivity (Wildman–Crippen MR) is 58.8 cm³/mol. The van der Waals surface area contributed by atoms with Crippen molar-refractivity contribution in [2.75, 3.05) is 11.4 Å². The van der Waals surface area contributed by atoms with Crippen molar-refractivity contribution < 1.29 is 4.39 Å². The van der Waals surface area contributed by atoms with Gasteiger partial charge >= 0.3 is 0 Å². The fourth-order valence-corrected chi connectivity index (χ4v) is 2.12. The average Bonchev–Trinajstić information content (AvgIpc) is 2.59. The average molecular weight is 204 g/mol. The molecular weight excluding hydrogens is 191 g/mol. The maximum atomic E-state index is 13.2. The van der Waals surface area contributed by atoms with Crippen molar-refractivity contribution >= 4 is 11.4 Å². The SMILES string of the molecule is [C-]#[N+]c1cc(F)cc2c1N(C(C)C)CC2. The van der Waals surface area contributed by atoms with Crippen LogP contribution in [0.4, 0.5) is 15.8 Å². The van der Waals surface area contributed by atoms with Gasteiger partial charge in [0.1, 0.15) is 5.82 Å². The molecule has 0 N–H and O–H groups in total. The van der Waals surface area contributed by atoms with E-state index in [1.54, 1.807) is 6.07 Å². The van der Waals surface area contributed by atoms with Crippen molar-refractivity contribution in [2.24, 2.45) is 0 Å². The summed E-state index contributed by atoms with van der Waals surface area (Å²) >= 11 is 0. The minimum absolute atomic E-state index is 0.301. The van der Waals surface area contributed by atoms with Crippen LogP contribution < -0.4 is 4.90 Å². The Morgan fingerprint density at radius 2 is 2.20 bits per heavy atom. The van der Waals surface area contributed by atoms with Crippen LogP contribution in [0.25, 0.3) is 4.85 Å². The lowest BCUT2D eigenvalue weighted by atomic mass is 10.1. The van der Waals surface area contributed by atoms with Gasteiger partial charge in [0.2, 0.25) is 5.69 Å². The van der Waals surface area contributed by atoms with Gasteiger partial charge in [-0.2, -0.15) is 0 Å². The zero-order chi connectivity index (χ0) is 11.0. The molecule has 1 aliphatic heterocycles. The zero-order valence-corrected chi connectivity index (χ0v) is 8.92. The van der Waals surface area contributed by atoms with Crippen LogP contribution in [0, 0.1) is 12.4 Å². The molecule has 0 amide bonds. The largest absolute Gasteiger partial charge is 0.377 e. The van der Waals surface area contributed by atoms with E-state index >= 15 is 0 Å². The van der Waals surface area contributed by atoms with E-state index < -0.39 is 0 Å². The molecule has 0 saturated heterocycles. The Labute approximate surface area is 89.1 Å². The Morgan fingerprint density at radius 1 is 1.47 bits per heavy atom. The van der Waals surface area contributed by atoms with Crippen LogP contribution in [0.15, 0.2) is 12.1 Å². The van der Waals surface area contributed by atoms with Crippen molar-refractivity contribution in [1.82, 2.24) is 0 Å². The number of anilines is 1. The van der Waals surface area contributed by atoms with E-state index in [9.17, 15) is 4.39 Å². The summed E-state index contributed by atoms with van der Waals surface area (Å²) in [6.45, 7) is 12.1. The summed E-state index contributed by atoms with van der Waals surface area (Å²) in [6.07, 6.45) is 0.841. The third-order valence-electron chi connectivity index (χ3n) is 2.79. The highest BCUT2D eigenvalue weighted by Gasteiger charge is 2.25. The molecule has 0 radical (unpaired) electrons. The highest BCUT2D eigenvalue weighted by Crippen LogP contribution is 2.39. The molecular formula is C12H13FN2. The normalized spacial score (nSPS) is 14.2. The predicted octanol–water partition coefficient (Wildman–Crippen LogP) is 3.15. The third-order valence-corrected chi connectivity index (χ3v) is 2.79. The first-order valence-electron chi connectivity index (χ1n) is 5.10. The van der Waals surface area contributed by atoms with Gasteiger partial charge in [-0.1, -0.05) is 0 Å². The minimum Gasteiger partial charge on any atom is -0.377 e. The second kappa shape index (κ2) is 3.54. The molecule has 0 aromatic heterocycles. The Morgan fingerprint density at radius 3 is 2.80 bits per heavy atom. The van der Waals surface area contributed by atoms with Crippen molar-refractivity contribution in [3.05, 3.63) is 34.9 Å². The monoisotopic (exact) mass is 204 g/mol. The van der Waals surface area contributed by atoms with Crippen LogP contribution in [0.3, 0.4) is 0 Å². The summed E-state index contributed by atoms with van der Waals surface area (Å²) in [5.41, 5.74) is 2.34. The Bertz CT molecular complexity index is 432. The molecule has 2 nitrogen and oxygen atoms in total. The number of hydrogen-bond donors (Lipinski definition) is 0. The summed E-state index contributed by atoms with van der Waals surface area (Å²) in [7, 11) is 0. The van der Waals surface area contributed by atoms with E-state index in [0.717, 1.165) is 24.2 Å². The van der Waals surface area contributed by atoms with Gasteiger partial charge < -0.3 is 4.90 Å². The van der Waals surface area contributed by atoms with Crippen molar-refractivity contribution in [1.29, 1.82) is 0 Å². The Kier molecular flexibility index (Phi) is 2.36. The van der Waals surface area contributed by atoms with Crippen LogP contribution in [0.1, 0.15) is 19.4 Å². The van der Waals surface area contributed by atoms with Gasteiger partial charge in [0, 0.05) is 18.3 Å². The summed E-state index contributed by atoms with van der Waals surface area (Å²) in [6, 6.07) is 3.23. The maximum absolute atomic E-state index is 13.2. The number of rotatable bonds is 1. The second-order valence-electron chi connectivity index (χ2n) is 4.08. The number of halogens is 1. The molecule has 0 spiro atoms. The van der Waals surface area contributed by atoms with E-state index in [1.807, 2.05) is 0 Å². The standard InChI is InChI=1S/C12H13FN2/c1-8(2)15-5-4-9-6-10(13)7-11(14-3)12(9)15/h6-8H,4-5H2,1-2H3. The summed E-state index contributed by atoms with van der Waals surface area (Å²) in [5.74, 6) is -0.301. The smallest absolute Gasteiger partial charge is 0.212 e. The van der Waals surface area contributed by atoms with E-state index in [4.69, 9.17) is 6.57 Å². The van der Waals surface area contributed by atoms with Gasteiger partial charge in [-0.3, -0.25) is 0 Å². The molecule has 1 aromatic rings. The second-order valence-corrected chi connectivity index (χ2v) is 4.08. The summed E-state index contributed by atoms with van der Waals surface area (Å²) in [5, 5.41) is 0. The van der Waals surface area contributed by atoms with E-state index in [0.29, 0.717) is 11.7 Å². The number of hydrogen-bond acceptors (Lipinski definition) is 1. The summed E-state index contributed by atoms with van der Waals surface area (Å²) in [4.78, 5) is 5.57. The molecule has 0 saturated carbocycles. The Balaban J connectivity index is 2.57. The van der Waals surface area contributed by atoms with Crippen LogP contribution >= 0.6 is 0 Å². The topological polar surface area (TPSA) is 7.60 Å². The van der Waals surface area contributed by atoms with Gasteiger partial charge in [0.05, 0.1) is 6.57 Å². The van der Waals surface area contributed by atoms with Gasteiger partial charge in [0.25, 0.3) is 0 Å². The number of benzene rings is 1. The molecule has 3 heteroatoms. The number of fused-ring (bicyclic) bond motifs is 1. The van der Waals surface area contributed by atoms with Gasteiger partial charge in [-0.05, 0) is 38.0 Å². The lowest BCUT2D eigenvalue weighted by molar-refractivity contribution is 0.627. The molecule has 0 aliphatic carbocycles. The fraction of sp³-hybridized carbons (Fsp3) is 0.417.